The molecule has 0 saturated heterocycles. The molecule has 2 N–H and O–H groups in total. The molecule has 2 amide bonds. The van der Waals surface area contributed by atoms with Crippen molar-refractivity contribution in [3.63, 3.8) is 0 Å². The van der Waals surface area contributed by atoms with E-state index in [0.29, 0.717) is 23.1 Å². The van der Waals surface area contributed by atoms with Crippen LogP contribution in [-0.4, -0.2) is 18.0 Å². The van der Waals surface area contributed by atoms with Crippen LogP contribution in [0, 0.1) is 6.92 Å². The standard InChI is InChI=1S/C24H22ClN3O3/c1-17-6-2-5-9-22(17)27-23(29)14-24(30)28-26-15-18-10-12-20(13-11-18)31-16-19-7-3-4-8-21(19)25/h2-13,15H,14,16H2,1H3,(H,27,29)(H,28,30). The SMILES string of the molecule is Cc1ccccc1NC(=O)CC(=O)NN=Cc1ccc(OCc2ccccc2Cl)cc1. The quantitative estimate of drug-likeness (QED) is 0.305. The maximum absolute atomic E-state index is 12.0. The summed E-state index contributed by atoms with van der Waals surface area (Å²) in [6.07, 6.45) is 1.18. The Kier molecular flexibility index (Phi) is 7.79. The van der Waals surface area contributed by atoms with E-state index in [4.69, 9.17) is 16.3 Å². The molecule has 0 heterocycles. The summed E-state index contributed by atoms with van der Waals surface area (Å²) in [6.45, 7) is 2.25. The summed E-state index contributed by atoms with van der Waals surface area (Å²) >= 11 is 6.12. The third-order valence-corrected chi connectivity index (χ3v) is 4.74. The van der Waals surface area contributed by atoms with Gasteiger partial charge in [0.05, 0.1) is 6.21 Å². The number of hydrazone groups is 1. The first kappa shape index (κ1) is 22.1. The van der Waals surface area contributed by atoms with Gasteiger partial charge in [0, 0.05) is 16.3 Å². The summed E-state index contributed by atoms with van der Waals surface area (Å²) in [5, 5.41) is 7.26. The second-order valence-corrected chi connectivity index (χ2v) is 7.19. The van der Waals surface area contributed by atoms with Crippen molar-refractivity contribution in [3.05, 3.63) is 94.5 Å². The van der Waals surface area contributed by atoms with Gasteiger partial charge in [0.2, 0.25) is 11.8 Å². The van der Waals surface area contributed by atoms with Gasteiger partial charge in [-0.25, -0.2) is 5.43 Å². The van der Waals surface area contributed by atoms with E-state index in [1.165, 1.54) is 6.21 Å². The Morgan fingerprint density at radius 3 is 2.42 bits per heavy atom. The molecule has 0 aliphatic rings. The van der Waals surface area contributed by atoms with Crippen molar-refractivity contribution in [1.29, 1.82) is 0 Å². The molecular weight excluding hydrogens is 414 g/mol. The lowest BCUT2D eigenvalue weighted by molar-refractivity contribution is -0.126. The van der Waals surface area contributed by atoms with Crippen LogP contribution in [0.25, 0.3) is 0 Å². The summed E-state index contributed by atoms with van der Waals surface area (Å²) in [7, 11) is 0. The zero-order chi connectivity index (χ0) is 22.1. The van der Waals surface area contributed by atoms with Crippen LogP contribution in [0.15, 0.2) is 77.9 Å². The summed E-state index contributed by atoms with van der Waals surface area (Å²) < 4.78 is 5.73. The van der Waals surface area contributed by atoms with E-state index in [2.05, 4.69) is 15.8 Å². The van der Waals surface area contributed by atoms with Gasteiger partial charge in [-0.3, -0.25) is 9.59 Å². The Labute approximate surface area is 185 Å². The number of aryl methyl sites for hydroxylation is 1. The fourth-order valence-electron chi connectivity index (χ4n) is 2.70. The summed E-state index contributed by atoms with van der Waals surface area (Å²) in [5.41, 5.74) is 5.64. The van der Waals surface area contributed by atoms with Crippen molar-refractivity contribution in [2.45, 2.75) is 20.0 Å². The molecule has 0 spiro atoms. The average Bonchev–Trinajstić information content (AvgIpc) is 2.76. The summed E-state index contributed by atoms with van der Waals surface area (Å²) in [6, 6.07) is 22.1. The van der Waals surface area contributed by atoms with Gasteiger partial charge in [0.25, 0.3) is 0 Å². The second kappa shape index (κ2) is 10.9. The number of benzene rings is 3. The number of hydrogen-bond acceptors (Lipinski definition) is 4. The Hall–Kier alpha value is -3.64. The molecule has 3 aromatic rings. The molecule has 0 unspecified atom stereocenters. The fourth-order valence-corrected chi connectivity index (χ4v) is 2.89. The Bertz CT molecular complexity index is 1080. The van der Waals surface area contributed by atoms with E-state index in [1.807, 2.05) is 61.5 Å². The minimum atomic E-state index is -0.498. The molecule has 31 heavy (non-hydrogen) atoms. The summed E-state index contributed by atoms with van der Waals surface area (Å²) in [5.74, 6) is -0.210. The Morgan fingerprint density at radius 2 is 1.68 bits per heavy atom. The monoisotopic (exact) mass is 435 g/mol. The van der Waals surface area contributed by atoms with E-state index in [9.17, 15) is 9.59 Å². The number of para-hydroxylation sites is 1. The van der Waals surface area contributed by atoms with E-state index in [-0.39, 0.29) is 6.42 Å². The predicted octanol–water partition coefficient (Wildman–Crippen LogP) is 4.71. The maximum atomic E-state index is 12.0. The highest BCUT2D eigenvalue weighted by molar-refractivity contribution is 6.31. The van der Waals surface area contributed by atoms with Crippen LogP contribution in [0.1, 0.15) is 23.1 Å². The van der Waals surface area contributed by atoms with Crippen LogP contribution < -0.4 is 15.5 Å². The van der Waals surface area contributed by atoms with E-state index in [1.54, 1.807) is 18.2 Å². The van der Waals surface area contributed by atoms with Gasteiger partial charge in [-0.05, 0) is 54.4 Å². The number of amides is 2. The molecule has 0 radical (unpaired) electrons. The van der Waals surface area contributed by atoms with Crippen molar-refractivity contribution >= 4 is 35.3 Å². The van der Waals surface area contributed by atoms with Crippen molar-refractivity contribution in [2.24, 2.45) is 5.10 Å². The average molecular weight is 436 g/mol. The number of carbonyl (C=O) groups is 2. The molecule has 0 bridgehead atoms. The number of nitrogens with zero attached hydrogens (tertiary/aromatic N) is 1. The Balaban J connectivity index is 1.44. The third kappa shape index (κ3) is 6.97. The first-order valence-electron chi connectivity index (χ1n) is 9.65. The van der Waals surface area contributed by atoms with Crippen LogP contribution in [0.3, 0.4) is 0 Å². The molecule has 0 aromatic heterocycles. The lowest BCUT2D eigenvalue weighted by Gasteiger charge is -2.08. The molecular formula is C24H22ClN3O3. The van der Waals surface area contributed by atoms with Gasteiger partial charge in [0.1, 0.15) is 18.8 Å². The molecule has 158 valence electrons. The third-order valence-electron chi connectivity index (χ3n) is 4.38. The van der Waals surface area contributed by atoms with Gasteiger partial charge in [0.15, 0.2) is 0 Å². The van der Waals surface area contributed by atoms with Crippen molar-refractivity contribution in [2.75, 3.05) is 5.32 Å². The van der Waals surface area contributed by atoms with Gasteiger partial charge >= 0.3 is 0 Å². The Morgan fingerprint density at radius 1 is 0.968 bits per heavy atom. The van der Waals surface area contributed by atoms with E-state index >= 15 is 0 Å². The van der Waals surface area contributed by atoms with Crippen LogP contribution in [-0.2, 0) is 16.2 Å². The molecule has 7 heteroatoms. The first-order chi connectivity index (χ1) is 15.0. The fraction of sp³-hybridized carbons (Fsp3) is 0.125. The molecule has 0 atom stereocenters. The molecule has 6 nitrogen and oxygen atoms in total. The number of halogens is 1. The number of nitrogens with one attached hydrogen (secondary N) is 2. The normalized spacial score (nSPS) is 10.6. The van der Waals surface area contributed by atoms with Crippen LogP contribution in [0.2, 0.25) is 5.02 Å². The predicted molar refractivity (Wildman–Crippen MR) is 122 cm³/mol. The van der Waals surface area contributed by atoms with E-state index < -0.39 is 11.8 Å². The number of ether oxygens (including phenoxy) is 1. The molecule has 0 fully saturated rings. The van der Waals surface area contributed by atoms with Crippen molar-refractivity contribution < 1.29 is 14.3 Å². The van der Waals surface area contributed by atoms with Gasteiger partial charge in [-0.2, -0.15) is 5.10 Å². The molecule has 0 aliphatic carbocycles. The first-order valence-corrected chi connectivity index (χ1v) is 10.0. The lowest BCUT2D eigenvalue weighted by atomic mass is 10.2. The molecule has 0 saturated carbocycles. The van der Waals surface area contributed by atoms with Crippen molar-refractivity contribution in [1.82, 2.24) is 5.43 Å². The van der Waals surface area contributed by atoms with Gasteiger partial charge < -0.3 is 10.1 Å². The summed E-state index contributed by atoms with van der Waals surface area (Å²) in [4.78, 5) is 23.9. The zero-order valence-corrected chi connectivity index (χ0v) is 17.7. The van der Waals surface area contributed by atoms with Gasteiger partial charge in [-0.15, -0.1) is 0 Å². The molecule has 3 rings (SSSR count). The number of rotatable bonds is 8. The minimum absolute atomic E-state index is 0.319. The van der Waals surface area contributed by atoms with Crippen LogP contribution in [0.5, 0.6) is 5.75 Å². The molecule has 3 aromatic carbocycles. The number of carbonyl (C=O) groups excluding carboxylic acids is 2. The second-order valence-electron chi connectivity index (χ2n) is 6.78. The highest BCUT2D eigenvalue weighted by Crippen LogP contribution is 2.18. The van der Waals surface area contributed by atoms with Crippen LogP contribution >= 0.6 is 11.6 Å². The highest BCUT2D eigenvalue weighted by Gasteiger charge is 2.09. The minimum Gasteiger partial charge on any atom is -0.489 e. The smallest absolute Gasteiger partial charge is 0.249 e. The van der Waals surface area contributed by atoms with E-state index in [0.717, 1.165) is 16.7 Å². The number of hydrogen-bond donors (Lipinski definition) is 2. The topological polar surface area (TPSA) is 79.8 Å². The lowest BCUT2D eigenvalue weighted by Crippen LogP contribution is -2.24. The largest absolute Gasteiger partial charge is 0.489 e. The number of anilines is 1. The molecule has 0 aliphatic heterocycles. The highest BCUT2D eigenvalue weighted by atomic mass is 35.5. The zero-order valence-electron chi connectivity index (χ0n) is 17.0. The van der Waals surface area contributed by atoms with Crippen molar-refractivity contribution in [3.8, 4) is 5.75 Å². The van der Waals surface area contributed by atoms with Crippen LogP contribution in [0.4, 0.5) is 5.69 Å². The van der Waals surface area contributed by atoms with Gasteiger partial charge in [-0.1, -0.05) is 48.0 Å². The maximum Gasteiger partial charge on any atom is 0.249 e.